The Labute approximate surface area is 141 Å². The molecule has 2 saturated heterocycles. The molecule has 1 amide bonds. The maximum Gasteiger partial charge on any atom is 0.326 e. The molecule has 0 saturated carbocycles. The van der Waals surface area contributed by atoms with Crippen LogP contribution in [0.2, 0.25) is 0 Å². The highest BCUT2D eigenvalue weighted by molar-refractivity contribution is 5.97. The van der Waals surface area contributed by atoms with Crippen molar-refractivity contribution in [3.63, 3.8) is 0 Å². The van der Waals surface area contributed by atoms with Gasteiger partial charge in [0.15, 0.2) is 0 Å². The van der Waals surface area contributed by atoms with Gasteiger partial charge in [0, 0.05) is 25.8 Å². The second kappa shape index (κ2) is 7.15. The van der Waals surface area contributed by atoms with E-state index in [-0.39, 0.29) is 5.91 Å². The van der Waals surface area contributed by atoms with Crippen molar-refractivity contribution in [3.8, 4) is 0 Å². The van der Waals surface area contributed by atoms with E-state index in [0.29, 0.717) is 30.2 Å². The number of likely N-dealkylation sites (tertiary alicyclic amines) is 1. The maximum atomic E-state index is 12.8. The summed E-state index contributed by atoms with van der Waals surface area (Å²) in [6.45, 7) is 4.16. The number of hydrogen-bond donors (Lipinski definition) is 1. The van der Waals surface area contributed by atoms with Crippen molar-refractivity contribution in [2.45, 2.75) is 51.5 Å². The van der Waals surface area contributed by atoms with Crippen molar-refractivity contribution in [2.24, 2.45) is 0 Å². The summed E-state index contributed by atoms with van der Waals surface area (Å²) >= 11 is 0. The van der Waals surface area contributed by atoms with Gasteiger partial charge in [-0.2, -0.15) is 0 Å². The molecule has 2 aliphatic heterocycles. The summed E-state index contributed by atoms with van der Waals surface area (Å²) in [6.07, 6.45) is 7.24. The Morgan fingerprint density at radius 2 is 1.83 bits per heavy atom. The normalized spacial score (nSPS) is 21.6. The molecule has 24 heavy (non-hydrogen) atoms. The average molecular weight is 332 g/mol. The monoisotopic (exact) mass is 332 g/mol. The predicted octanol–water partition coefficient (Wildman–Crippen LogP) is 1.85. The van der Waals surface area contributed by atoms with Crippen LogP contribution < -0.4 is 4.90 Å². The SMILES string of the molecule is Cc1nc(N2CCCCC2)ncc1C(=O)N1CCCC[C@@H]1C(=O)O. The summed E-state index contributed by atoms with van der Waals surface area (Å²) in [4.78, 5) is 36.7. The molecule has 0 aromatic carbocycles. The molecule has 1 N–H and O–H groups in total. The van der Waals surface area contributed by atoms with E-state index >= 15 is 0 Å². The van der Waals surface area contributed by atoms with Gasteiger partial charge in [0.05, 0.1) is 11.3 Å². The summed E-state index contributed by atoms with van der Waals surface area (Å²) in [5.41, 5.74) is 1.02. The van der Waals surface area contributed by atoms with E-state index < -0.39 is 12.0 Å². The van der Waals surface area contributed by atoms with E-state index in [1.165, 1.54) is 11.3 Å². The molecular weight excluding hydrogens is 308 g/mol. The maximum absolute atomic E-state index is 12.8. The Kier molecular flexibility index (Phi) is 4.97. The smallest absolute Gasteiger partial charge is 0.326 e. The molecule has 0 aliphatic carbocycles. The van der Waals surface area contributed by atoms with Gasteiger partial charge >= 0.3 is 5.97 Å². The van der Waals surface area contributed by atoms with Gasteiger partial charge in [-0.3, -0.25) is 4.79 Å². The summed E-state index contributed by atoms with van der Waals surface area (Å²) in [6, 6.07) is -0.743. The van der Waals surface area contributed by atoms with E-state index in [4.69, 9.17) is 0 Å². The summed E-state index contributed by atoms with van der Waals surface area (Å²) in [7, 11) is 0. The van der Waals surface area contributed by atoms with Gasteiger partial charge in [-0.15, -0.1) is 0 Å². The lowest BCUT2D eigenvalue weighted by Gasteiger charge is -2.33. The lowest BCUT2D eigenvalue weighted by atomic mass is 10.0. The molecule has 0 bridgehead atoms. The van der Waals surface area contributed by atoms with Crippen LogP contribution >= 0.6 is 0 Å². The zero-order chi connectivity index (χ0) is 17.1. The zero-order valence-corrected chi connectivity index (χ0v) is 14.1. The first-order valence-corrected chi connectivity index (χ1v) is 8.70. The number of carbonyl (C=O) groups is 2. The molecule has 1 aromatic rings. The highest BCUT2D eigenvalue weighted by Crippen LogP contribution is 2.22. The second-order valence-corrected chi connectivity index (χ2v) is 6.57. The fourth-order valence-electron chi connectivity index (χ4n) is 3.50. The molecule has 1 aromatic heterocycles. The van der Waals surface area contributed by atoms with Crippen LogP contribution in [0.4, 0.5) is 5.95 Å². The molecule has 0 spiro atoms. The van der Waals surface area contributed by atoms with Crippen molar-refractivity contribution < 1.29 is 14.7 Å². The van der Waals surface area contributed by atoms with Crippen LogP contribution in [0.3, 0.4) is 0 Å². The highest BCUT2D eigenvalue weighted by Gasteiger charge is 2.33. The van der Waals surface area contributed by atoms with E-state index in [1.54, 1.807) is 13.1 Å². The number of piperidine rings is 2. The topological polar surface area (TPSA) is 86.6 Å². The van der Waals surface area contributed by atoms with Gasteiger partial charge in [-0.05, 0) is 45.4 Å². The number of rotatable bonds is 3. The van der Waals surface area contributed by atoms with Crippen LogP contribution in [0.25, 0.3) is 0 Å². The number of carbonyl (C=O) groups excluding carboxylic acids is 1. The van der Waals surface area contributed by atoms with Crippen LogP contribution in [-0.4, -0.2) is 57.5 Å². The van der Waals surface area contributed by atoms with Gasteiger partial charge in [0.25, 0.3) is 5.91 Å². The van der Waals surface area contributed by atoms with Gasteiger partial charge in [-0.25, -0.2) is 14.8 Å². The zero-order valence-electron chi connectivity index (χ0n) is 14.1. The van der Waals surface area contributed by atoms with Crippen LogP contribution in [-0.2, 0) is 4.79 Å². The van der Waals surface area contributed by atoms with E-state index in [0.717, 1.165) is 38.8 Å². The fourth-order valence-corrected chi connectivity index (χ4v) is 3.50. The lowest BCUT2D eigenvalue weighted by Crippen LogP contribution is -2.48. The fraction of sp³-hybridized carbons (Fsp3) is 0.647. The molecule has 2 fully saturated rings. The first kappa shape index (κ1) is 16.7. The molecule has 0 unspecified atom stereocenters. The third-order valence-electron chi connectivity index (χ3n) is 4.88. The average Bonchev–Trinajstić information content (AvgIpc) is 2.62. The Balaban J connectivity index is 1.80. The van der Waals surface area contributed by atoms with E-state index in [2.05, 4.69) is 14.9 Å². The number of nitrogens with zero attached hydrogens (tertiary/aromatic N) is 4. The molecule has 1 atom stereocenters. The number of hydrogen-bond acceptors (Lipinski definition) is 5. The number of anilines is 1. The summed E-state index contributed by atoms with van der Waals surface area (Å²) in [5, 5.41) is 9.36. The van der Waals surface area contributed by atoms with Gasteiger partial charge in [-0.1, -0.05) is 0 Å². The Morgan fingerprint density at radius 1 is 1.12 bits per heavy atom. The Bertz CT molecular complexity index is 628. The van der Waals surface area contributed by atoms with Crippen LogP contribution in [0, 0.1) is 6.92 Å². The van der Waals surface area contributed by atoms with Crippen molar-refractivity contribution in [1.82, 2.24) is 14.9 Å². The third kappa shape index (κ3) is 3.34. The Morgan fingerprint density at radius 3 is 2.50 bits per heavy atom. The van der Waals surface area contributed by atoms with Gasteiger partial charge < -0.3 is 14.9 Å². The van der Waals surface area contributed by atoms with Crippen molar-refractivity contribution in [1.29, 1.82) is 0 Å². The lowest BCUT2D eigenvalue weighted by molar-refractivity contribution is -0.143. The first-order chi connectivity index (χ1) is 11.6. The molecule has 2 aliphatic rings. The first-order valence-electron chi connectivity index (χ1n) is 8.70. The van der Waals surface area contributed by atoms with Crippen LogP contribution in [0.5, 0.6) is 0 Å². The highest BCUT2D eigenvalue weighted by atomic mass is 16.4. The minimum Gasteiger partial charge on any atom is -0.480 e. The standard InChI is InChI=1S/C17H24N4O3/c1-12-13(11-18-17(19-12)20-8-4-2-5-9-20)15(22)21-10-6-3-7-14(21)16(23)24/h11,14H,2-10H2,1H3,(H,23,24)/t14-/m1/s1. The van der Waals surface area contributed by atoms with Crippen LogP contribution in [0.15, 0.2) is 6.20 Å². The van der Waals surface area contributed by atoms with Gasteiger partial charge in [0.2, 0.25) is 5.95 Å². The van der Waals surface area contributed by atoms with Crippen molar-refractivity contribution in [2.75, 3.05) is 24.5 Å². The van der Waals surface area contributed by atoms with E-state index in [9.17, 15) is 14.7 Å². The van der Waals surface area contributed by atoms with E-state index in [1.807, 2.05) is 0 Å². The number of aryl methyl sites for hydroxylation is 1. The second-order valence-electron chi connectivity index (χ2n) is 6.57. The summed E-state index contributed by atoms with van der Waals surface area (Å²) in [5.74, 6) is -0.548. The minimum atomic E-state index is -0.938. The summed E-state index contributed by atoms with van der Waals surface area (Å²) < 4.78 is 0. The molecule has 3 rings (SSSR count). The van der Waals surface area contributed by atoms with Gasteiger partial charge in [0.1, 0.15) is 6.04 Å². The number of amides is 1. The molecule has 130 valence electrons. The number of aliphatic carboxylic acids is 1. The van der Waals surface area contributed by atoms with Crippen molar-refractivity contribution in [3.05, 3.63) is 17.5 Å². The quantitative estimate of drug-likeness (QED) is 0.909. The number of carboxylic acid groups (broad SMARTS) is 1. The minimum absolute atomic E-state index is 0.273. The molecular formula is C17H24N4O3. The predicted molar refractivity (Wildman–Crippen MR) is 89.1 cm³/mol. The van der Waals surface area contributed by atoms with Crippen LogP contribution in [0.1, 0.15) is 54.6 Å². The number of carboxylic acids is 1. The third-order valence-corrected chi connectivity index (χ3v) is 4.88. The molecule has 7 nitrogen and oxygen atoms in total. The molecule has 3 heterocycles. The molecule has 7 heteroatoms. The largest absolute Gasteiger partial charge is 0.480 e. The van der Waals surface area contributed by atoms with Crippen molar-refractivity contribution >= 4 is 17.8 Å². The Hall–Kier alpha value is -2.18. The molecule has 0 radical (unpaired) electrons. The number of aromatic nitrogens is 2.